The molecule has 0 unspecified atom stereocenters. The molecular weight excluding hydrogens is 538 g/mol. The van der Waals surface area contributed by atoms with Gasteiger partial charge in [0.1, 0.15) is 13.2 Å². The highest BCUT2D eigenvalue weighted by Crippen LogP contribution is 2.33. The van der Waals surface area contributed by atoms with Gasteiger partial charge in [-0.3, -0.25) is 14.9 Å². The van der Waals surface area contributed by atoms with E-state index in [9.17, 15) is 18.0 Å². The molecule has 11 nitrogen and oxygen atoms in total. The molecule has 2 N–H and O–H groups in total. The number of rotatable bonds is 8. The van der Waals surface area contributed by atoms with Crippen molar-refractivity contribution in [3.63, 3.8) is 0 Å². The summed E-state index contributed by atoms with van der Waals surface area (Å²) in [6.45, 7) is 1.99. The SMILES string of the molecule is O=C(CSc1nnc(NC(=O)c2ccc(S(=O)(=O)N3CCCC3)cc2)s1)Nc1ccc2c(c1)OCCO2. The fraction of sp³-hybridized carbons (Fsp3) is 0.304. The molecular formula is C23H23N5O6S3. The number of nitrogens with one attached hydrogen (secondary N) is 2. The molecule has 3 heterocycles. The molecule has 194 valence electrons. The van der Waals surface area contributed by atoms with Crippen LogP contribution in [0.2, 0.25) is 0 Å². The van der Waals surface area contributed by atoms with Crippen molar-refractivity contribution < 1.29 is 27.5 Å². The monoisotopic (exact) mass is 561 g/mol. The van der Waals surface area contributed by atoms with Gasteiger partial charge < -0.3 is 14.8 Å². The van der Waals surface area contributed by atoms with E-state index in [0.717, 1.165) is 24.2 Å². The second-order valence-corrected chi connectivity index (χ2v) is 12.3. The number of hydrogen-bond acceptors (Lipinski definition) is 10. The number of hydrogen-bond donors (Lipinski definition) is 2. The Labute approximate surface area is 221 Å². The Hall–Kier alpha value is -3.20. The lowest BCUT2D eigenvalue weighted by molar-refractivity contribution is -0.113. The average molecular weight is 562 g/mol. The zero-order valence-corrected chi connectivity index (χ0v) is 22.0. The van der Waals surface area contributed by atoms with Crippen LogP contribution in [0.4, 0.5) is 10.8 Å². The van der Waals surface area contributed by atoms with Crippen molar-refractivity contribution in [3.05, 3.63) is 48.0 Å². The van der Waals surface area contributed by atoms with Gasteiger partial charge in [-0.15, -0.1) is 10.2 Å². The minimum atomic E-state index is -3.54. The normalized spacial score (nSPS) is 15.4. The number of ether oxygens (including phenoxy) is 2. The van der Waals surface area contributed by atoms with Crippen LogP contribution >= 0.6 is 23.1 Å². The Morgan fingerprint density at radius 2 is 1.70 bits per heavy atom. The molecule has 5 rings (SSSR count). The van der Waals surface area contributed by atoms with Gasteiger partial charge in [0.15, 0.2) is 15.8 Å². The second-order valence-electron chi connectivity index (χ2n) is 8.16. The number of anilines is 2. The van der Waals surface area contributed by atoms with Crippen LogP contribution in [0.15, 0.2) is 51.7 Å². The van der Waals surface area contributed by atoms with Crippen molar-refractivity contribution in [1.29, 1.82) is 0 Å². The van der Waals surface area contributed by atoms with E-state index in [1.54, 1.807) is 18.2 Å². The van der Waals surface area contributed by atoms with Crippen LogP contribution in [-0.4, -0.2) is 66.8 Å². The molecule has 2 amide bonds. The van der Waals surface area contributed by atoms with E-state index in [-0.39, 0.29) is 21.7 Å². The molecule has 1 saturated heterocycles. The van der Waals surface area contributed by atoms with Gasteiger partial charge in [0, 0.05) is 30.4 Å². The summed E-state index contributed by atoms with van der Waals surface area (Å²) in [6.07, 6.45) is 1.71. The maximum absolute atomic E-state index is 12.6. The average Bonchev–Trinajstić information content (AvgIpc) is 3.61. The molecule has 1 fully saturated rings. The lowest BCUT2D eigenvalue weighted by Gasteiger charge is -2.18. The topological polar surface area (TPSA) is 140 Å². The lowest BCUT2D eigenvalue weighted by Crippen LogP contribution is -2.27. The zero-order valence-electron chi connectivity index (χ0n) is 19.5. The molecule has 0 atom stereocenters. The Morgan fingerprint density at radius 3 is 2.46 bits per heavy atom. The first kappa shape index (κ1) is 25.4. The lowest BCUT2D eigenvalue weighted by atomic mass is 10.2. The third-order valence-corrected chi connectivity index (χ3v) is 9.48. The fourth-order valence-corrected chi connectivity index (χ4v) is 6.85. The molecule has 1 aromatic heterocycles. The number of carbonyl (C=O) groups excluding carboxylic acids is 2. The maximum atomic E-state index is 12.6. The van der Waals surface area contributed by atoms with Crippen molar-refractivity contribution in [2.45, 2.75) is 22.1 Å². The van der Waals surface area contributed by atoms with Gasteiger partial charge in [-0.05, 0) is 49.2 Å². The van der Waals surface area contributed by atoms with E-state index >= 15 is 0 Å². The van der Waals surface area contributed by atoms with Gasteiger partial charge in [-0.25, -0.2) is 8.42 Å². The van der Waals surface area contributed by atoms with Gasteiger partial charge in [0.05, 0.1) is 10.6 Å². The van der Waals surface area contributed by atoms with Crippen LogP contribution in [0.5, 0.6) is 11.5 Å². The van der Waals surface area contributed by atoms with Gasteiger partial charge in [-0.1, -0.05) is 23.1 Å². The van der Waals surface area contributed by atoms with Gasteiger partial charge in [0.2, 0.25) is 21.1 Å². The smallest absolute Gasteiger partial charge is 0.257 e. The van der Waals surface area contributed by atoms with Crippen LogP contribution in [0, 0.1) is 0 Å². The van der Waals surface area contributed by atoms with Crippen LogP contribution < -0.4 is 20.1 Å². The van der Waals surface area contributed by atoms with Crippen molar-refractivity contribution >= 4 is 55.8 Å². The Kier molecular flexibility index (Phi) is 7.60. The maximum Gasteiger partial charge on any atom is 0.257 e. The molecule has 0 aliphatic carbocycles. The highest BCUT2D eigenvalue weighted by molar-refractivity contribution is 8.01. The number of thioether (sulfide) groups is 1. The Balaban J connectivity index is 1.12. The third-order valence-electron chi connectivity index (χ3n) is 5.60. The van der Waals surface area contributed by atoms with Crippen LogP contribution in [0.3, 0.4) is 0 Å². The van der Waals surface area contributed by atoms with Crippen LogP contribution in [0.1, 0.15) is 23.2 Å². The molecule has 2 aromatic carbocycles. The van der Waals surface area contributed by atoms with E-state index in [0.29, 0.717) is 53.4 Å². The predicted molar refractivity (Wildman–Crippen MR) is 139 cm³/mol. The third kappa shape index (κ3) is 6.04. The second kappa shape index (κ2) is 11.0. The van der Waals surface area contributed by atoms with Crippen LogP contribution in [-0.2, 0) is 14.8 Å². The Bertz CT molecular complexity index is 1400. The molecule has 0 spiro atoms. The molecule has 37 heavy (non-hydrogen) atoms. The van der Waals surface area contributed by atoms with Crippen molar-refractivity contribution in [3.8, 4) is 11.5 Å². The zero-order chi connectivity index (χ0) is 25.8. The number of aromatic nitrogens is 2. The van der Waals surface area contributed by atoms with Crippen molar-refractivity contribution in [2.24, 2.45) is 0 Å². The molecule has 0 saturated carbocycles. The van der Waals surface area contributed by atoms with Crippen molar-refractivity contribution in [1.82, 2.24) is 14.5 Å². The summed E-state index contributed by atoms with van der Waals surface area (Å²) in [4.78, 5) is 25.1. The van der Waals surface area contributed by atoms with Gasteiger partial charge in [0.25, 0.3) is 5.91 Å². The van der Waals surface area contributed by atoms with Crippen molar-refractivity contribution in [2.75, 3.05) is 42.7 Å². The van der Waals surface area contributed by atoms with E-state index in [4.69, 9.17) is 9.47 Å². The summed E-state index contributed by atoms with van der Waals surface area (Å²) < 4.78 is 38.3. The molecule has 0 bridgehead atoms. The standard InChI is InChI=1S/C23H23N5O6S3/c29-20(24-16-5-8-18-19(13-16)34-12-11-33-18)14-35-23-27-26-22(36-23)25-21(30)15-3-6-17(7-4-15)37(31,32)28-9-1-2-10-28/h3-8,13H,1-2,9-12,14H2,(H,24,29)(H,25,26,30). The summed E-state index contributed by atoms with van der Waals surface area (Å²) in [7, 11) is -3.54. The predicted octanol–water partition coefficient (Wildman–Crippen LogP) is 3.08. The number of sulfonamides is 1. The number of fused-ring (bicyclic) bond motifs is 1. The number of benzene rings is 2. The number of amides is 2. The van der Waals surface area contributed by atoms with E-state index < -0.39 is 15.9 Å². The molecule has 2 aliphatic heterocycles. The van der Waals surface area contributed by atoms with Gasteiger partial charge >= 0.3 is 0 Å². The van der Waals surface area contributed by atoms with Crippen LogP contribution in [0.25, 0.3) is 0 Å². The first-order valence-electron chi connectivity index (χ1n) is 11.5. The first-order chi connectivity index (χ1) is 17.9. The number of nitrogens with zero attached hydrogens (tertiary/aromatic N) is 3. The molecule has 2 aliphatic rings. The highest BCUT2D eigenvalue weighted by atomic mass is 32.2. The summed E-state index contributed by atoms with van der Waals surface area (Å²) >= 11 is 2.33. The fourth-order valence-electron chi connectivity index (χ4n) is 3.79. The van der Waals surface area contributed by atoms with Gasteiger partial charge in [-0.2, -0.15) is 4.31 Å². The molecule has 3 aromatic rings. The summed E-state index contributed by atoms with van der Waals surface area (Å²) in [5.74, 6) is 0.666. The Morgan fingerprint density at radius 1 is 0.973 bits per heavy atom. The largest absolute Gasteiger partial charge is 0.486 e. The minimum Gasteiger partial charge on any atom is -0.486 e. The van der Waals surface area contributed by atoms with E-state index in [1.807, 2.05) is 0 Å². The number of carbonyl (C=O) groups is 2. The minimum absolute atomic E-state index is 0.101. The van der Waals surface area contributed by atoms with E-state index in [2.05, 4.69) is 20.8 Å². The van der Waals surface area contributed by atoms with E-state index in [1.165, 1.54) is 40.3 Å². The molecule has 0 radical (unpaired) electrons. The quantitative estimate of drug-likeness (QED) is 0.314. The summed E-state index contributed by atoms with van der Waals surface area (Å²) in [6, 6.07) is 11.0. The summed E-state index contributed by atoms with van der Waals surface area (Å²) in [5, 5.41) is 13.7. The summed E-state index contributed by atoms with van der Waals surface area (Å²) in [5.41, 5.74) is 0.892. The first-order valence-corrected chi connectivity index (χ1v) is 14.7. The highest BCUT2D eigenvalue weighted by Gasteiger charge is 2.27. The molecule has 14 heteroatoms.